The van der Waals surface area contributed by atoms with E-state index in [0.717, 1.165) is 19.3 Å². The number of nitrogens with one attached hydrogen (secondary N) is 2. The molecule has 0 amide bonds. The third-order valence-corrected chi connectivity index (χ3v) is 6.38. The minimum atomic E-state index is -3.56. The Kier molecular flexibility index (Phi) is 5.76. The first-order valence-corrected chi connectivity index (χ1v) is 10.1. The minimum Gasteiger partial charge on any atom is -0.369 e. The molecule has 0 spiro atoms. The van der Waals surface area contributed by atoms with E-state index in [2.05, 4.69) is 21.3 Å². The summed E-state index contributed by atoms with van der Waals surface area (Å²) in [4.78, 5) is 4.19. The topological polar surface area (TPSA) is 71.1 Å². The molecule has 1 fully saturated rings. The van der Waals surface area contributed by atoms with Gasteiger partial charge in [0.05, 0.1) is 5.02 Å². The van der Waals surface area contributed by atoms with Gasteiger partial charge < -0.3 is 5.32 Å². The van der Waals surface area contributed by atoms with Crippen molar-refractivity contribution < 1.29 is 8.42 Å². The number of nitrogens with zero attached hydrogens (tertiary/aromatic N) is 1. The summed E-state index contributed by atoms with van der Waals surface area (Å²) in [6, 6.07) is 1.44. The van der Waals surface area contributed by atoms with Gasteiger partial charge in [-0.25, -0.2) is 18.1 Å². The quantitative estimate of drug-likeness (QED) is 0.826. The van der Waals surface area contributed by atoms with Crippen LogP contribution in [0.2, 0.25) is 5.02 Å². The molecule has 8 heteroatoms. The molecule has 2 N–H and O–H groups in total. The largest absolute Gasteiger partial charge is 0.369 e. The Morgan fingerprint density at radius 3 is 2.81 bits per heavy atom. The fourth-order valence-electron chi connectivity index (χ4n) is 2.41. The van der Waals surface area contributed by atoms with Crippen molar-refractivity contribution in [3.05, 3.63) is 17.3 Å². The van der Waals surface area contributed by atoms with Crippen LogP contribution in [0.25, 0.3) is 0 Å². The molecule has 0 saturated heterocycles. The molecular formula is C13H20ClN3O2S2. The van der Waals surface area contributed by atoms with Gasteiger partial charge in [0.1, 0.15) is 10.7 Å². The summed E-state index contributed by atoms with van der Waals surface area (Å²) < 4.78 is 27.5. The Hall–Kier alpha value is -0.500. The lowest BCUT2D eigenvalue weighted by atomic mass is 10.3. The highest BCUT2D eigenvalue weighted by atomic mass is 35.5. The molecule has 1 aromatic rings. The maximum atomic E-state index is 12.4. The van der Waals surface area contributed by atoms with Gasteiger partial charge in [0.2, 0.25) is 10.0 Å². The summed E-state index contributed by atoms with van der Waals surface area (Å²) >= 11 is 7.85. The van der Waals surface area contributed by atoms with E-state index in [-0.39, 0.29) is 10.9 Å². The number of pyridine rings is 1. The molecular weight excluding hydrogens is 330 g/mol. The SMILES string of the molecule is CCNc1ncc(S(=O)(=O)NC2CCC(SC)C2)cc1Cl. The molecule has 1 aromatic heterocycles. The van der Waals surface area contributed by atoms with Gasteiger partial charge in [-0.1, -0.05) is 11.6 Å². The summed E-state index contributed by atoms with van der Waals surface area (Å²) in [7, 11) is -3.56. The maximum absolute atomic E-state index is 12.4. The molecule has 2 rings (SSSR count). The summed E-state index contributed by atoms with van der Waals surface area (Å²) in [6.07, 6.45) is 6.20. The lowest BCUT2D eigenvalue weighted by Gasteiger charge is -2.14. The third-order valence-electron chi connectivity index (χ3n) is 3.51. The number of thioether (sulfide) groups is 1. The molecule has 0 aliphatic heterocycles. The van der Waals surface area contributed by atoms with Gasteiger partial charge in [-0.2, -0.15) is 11.8 Å². The Morgan fingerprint density at radius 1 is 1.48 bits per heavy atom. The van der Waals surface area contributed by atoms with Crippen molar-refractivity contribution in [3.8, 4) is 0 Å². The molecule has 2 unspecified atom stereocenters. The predicted molar refractivity (Wildman–Crippen MR) is 88.7 cm³/mol. The van der Waals surface area contributed by atoms with Crippen LogP contribution in [0, 0.1) is 0 Å². The van der Waals surface area contributed by atoms with Crippen LogP contribution in [-0.2, 0) is 10.0 Å². The highest BCUT2D eigenvalue weighted by Crippen LogP contribution is 2.29. The number of hydrogen-bond donors (Lipinski definition) is 2. The standard InChI is InChI=1S/C13H20ClN3O2S2/c1-3-15-13-12(14)7-11(8-16-13)21(18,19)17-9-4-5-10(6-9)20-2/h7-10,17H,3-6H2,1-2H3,(H,15,16). The van der Waals surface area contributed by atoms with Crippen LogP contribution in [0.1, 0.15) is 26.2 Å². The van der Waals surface area contributed by atoms with Crippen LogP contribution < -0.4 is 10.0 Å². The zero-order valence-corrected chi connectivity index (χ0v) is 14.5. The Labute approximate surface area is 135 Å². The van der Waals surface area contributed by atoms with E-state index in [1.807, 2.05) is 6.92 Å². The Balaban J connectivity index is 2.11. The Bertz CT molecular complexity index is 595. The number of aromatic nitrogens is 1. The molecule has 1 saturated carbocycles. The van der Waals surface area contributed by atoms with E-state index < -0.39 is 10.0 Å². The van der Waals surface area contributed by atoms with E-state index >= 15 is 0 Å². The molecule has 5 nitrogen and oxygen atoms in total. The first kappa shape index (κ1) is 16.9. The number of hydrogen-bond acceptors (Lipinski definition) is 5. The summed E-state index contributed by atoms with van der Waals surface area (Å²) in [5, 5.41) is 3.83. The van der Waals surface area contributed by atoms with Crippen molar-refractivity contribution in [2.45, 2.75) is 42.4 Å². The smallest absolute Gasteiger partial charge is 0.242 e. The second kappa shape index (κ2) is 7.17. The average molecular weight is 350 g/mol. The molecule has 0 radical (unpaired) electrons. The van der Waals surface area contributed by atoms with Crippen molar-refractivity contribution in [2.75, 3.05) is 18.1 Å². The molecule has 21 heavy (non-hydrogen) atoms. The van der Waals surface area contributed by atoms with E-state index in [1.54, 1.807) is 11.8 Å². The van der Waals surface area contributed by atoms with Gasteiger partial charge in [-0.15, -0.1) is 0 Å². The summed E-state index contributed by atoms with van der Waals surface area (Å²) in [6.45, 7) is 2.60. The molecule has 2 atom stereocenters. The van der Waals surface area contributed by atoms with Crippen LogP contribution in [0.5, 0.6) is 0 Å². The van der Waals surface area contributed by atoms with Crippen molar-refractivity contribution in [3.63, 3.8) is 0 Å². The number of anilines is 1. The lowest BCUT2D eigenvalue weighted by molar-refractivity contribution is 0.552. The van der Waals surface area contributed by atoms with Crippen LogP contribution in [-0.4, -0.2) is 37.5 Å². The van der Waals surface area contributed by atoms with Gasteiger partial charge in [0.25, 0.3) is 0 Å². The van der Waals surface area contributed by atoms with Gasteiger partial charge in [-0.05, 0) is 38.5 Å². The molecule has 118 valence electrons. The van der Waals surface area contributed by atoms with E-state index in [0.29, 0.717) is 22.6 Å². The normalized spacial score (nSPS) is 22.4. The molecule has 1 aliphatic carbocycles. The van der Waals surface area contributed by atoms with Crippen LogP contribution in [0.15, 0.2) is 17.2 Å². The molecule has 0 bridgehead atoms. The summed E-state index contributed by atoms with van der Waals surface area (Å²) in [5.41, 5.74) is 0. The second-order valence-electron chi connectivity index (χ2n) is 5.02. The highest BCUT2D eigenvalue weighted by molar-refractivity contribution is 7.99. The van der Waals surface area contributed by atoms with E-state index in [9.17, 15) is 8.42 Å². The highest BCUT2D eigenvalue weighted by Gasteiger charge is 2.28. The number of sulfonamides is 1. The minimum absolute atomic E-state index is 0.000307. The summed E-state index contributed by atoms with van der Waals surface area (Å²) in [5.74, 6) is 0.501. The van der Waals surface area contributed by atoms with Crippen molar-refractivity contribution >= 4 is 39.2 Å². The number of halogens is 1. The predicted octanol–water partition coefficient (Wildman–Crippen LogP) is 2.73. The first-order chi connectivity index (χ1) is 9.96. The molecule has 0 aromatic carbocycles. The van der Waals surface area contributed by atoms with Crippen molar-refractivity contribution in [2.24, 2.45) is 0 Å². The Morgan fingerprint density at radius 2 is 2.24 bits per heavy atom. The fraction of sp³-hybridized carbons (Fsp3) is 0.615. The lowest BCUT2D eigenvalue weighted by Crippen LogP contribution is -2.33. The van der Waals surface area contributed by atoms with Crippen LogP contribution in [0.3, 0.4) is 0 Å². The van der Waals surface area contributed by atoms with Crippen molar-refractivity contribution in [1.82, 2.24) is 9.71 Å². The molecule has 1 aliphatic rings. The van der Waals surface area contributed by atoms with E-state index in [1.165, 1.54) is 12.3 Å². The first-order valence-electron chi connectivity index (χ1n) is 6.90. The van der Waals surface area contributed by atoms with E-state index in [4.69, 9.17) is 11.6 Å². The van der Waals surface area contributed by atoms with Gasteiger partial charge in [-0.3, -0.25) is 0 Å². The van der Waals surface area contributed by atoms with Crippen LogP contribution >= 0.6 is 23.4 Å². The monoisotopic (exact) mass is 349 g/mol. The van der Waals surface area contributed by atoms with Crippen molar-refractivity contribution in [1.29, 1.82) is 0 Å². The average Bonchev–Trinajstić information content (AvgIpc) is 2.88. The third kappa shape index (κ3) is 4.25. The van der Waals surface area contributed by atoms with Gasteiger partial charge >= 0.3 is 0 Å². The van der Waals surface area contributed by atoms with Crippen LogP contribution in [0.4, 0.5) is 5.82 Å². The number of rotatable bonds is 6. The fourth-order valence-corrected chi connectivity index (χ4v) is 4.76. The van der Waals surface area contributed by atoms with Gasteiger partial charge in [0, 0.05) is 24.0 Å². The maximum Gasteiger partial charge on any atom is 0.242 e. The zero-order valence-electron chi connectivity index (χ0n) is 12.1. The molecule has 1 heterocycles. The second-order valence-corrected chi connectivity index (χ2v) is 8.28. The zero-order chi connectivity index (χ0) is 15.5. The van der Waals surface area contributed by atoms with Gasteiger partial charge in [0.15, 0.2) is 0 Å².